The summed E-state index contributed by atoms with van der Waals surface area (Å²) >= 11 is 3.54. The third-order valence-corrected chi connectivity index (χ3v) is 3.75. The van der Waals surface area contributed by atoms with E-state index in [4.69, 9.17) is 4.74 Å². The Kier molecular flexibility index (Phi) is 5.39. The Bertz CT molecular complexity index is 410. The van der Waals surface area contributed by atoms with Gasteiger partial charge in [0.2, 0.25) is 5.95 Å². The minimum Gasteiger partial charge on any atom is -0.376 e. The minimum atomic E-state index is 0.324. The zero-order valence-corrected chi connectivity index (χ0v) is 13.1. The number of ether oxygens (including phenoxy) is 1. The summed E-state index contributed by atoms with van der Waals surface area (Å²) < 4.78 is 6.63. The van der Waals surface area contributed by atoms with Gasteiger partial charge in [-0.25, -0.2) is 4.98 Å². The number of nitrogens with one attached hydrogen (secondary N) is 1. The molecule has 106 valence electrons. The van der Waals surface area contributed by atoms with Crippen LogP contribution in [0.25, 0.3) is 0 Å². The second-order valence-electron chi connectivity index (χ2n) is 4.57. The van der Waals surface area contributed by atoms with Crippen LogP contribution in [-0.4, -0.2) is 42.3 Å². The largest absolute Gasteiger partial charge is 0.376 e. The van der Waals surface area contributed by atoms with Crippen molar-refractivity contribution in [2.75, 3.05) is 36.5 Å². The second kappa shape index (κ2) is 7.05. The van der Waals surface area contributed by atoms with E-state index in [2.05, 4.69) is 43.0 Å². The van der Waals surface area contributed by atoms with Gasteiger partial charge in [-0.15, -0.1) is 0 Å². The first-order chi connectivity index (χ1) is 9.24. The number of likely N-dealkylation sites (N-methyl/N-ethyl adjacent to an activating group) is 1. The summed E-state index contributed by atoms with van der Waals surface area (Å²) in [6.45, 7) is 7.67. The highest BCUT2D eigenvalue weighted by Crippen LogP contribution is 2.25. The number of nitrogens with zero attached hydrogens (tertiary/aromatic N) is 3. The van der Waals surface area contributed by atoms with Crippen LogP contribution in [0.1, 0.15) is 26.7 Å². The Labute approximate surface area is 122 Å². The fourth-order valence-electron chi connectivity index (χ4n) is 2.22. The molecule has 1 aromatic rings. The van der Waals surface area contributed by atoms with E-state index < -0.39 is 0 Å². The summed E-state index contributed by atoms with van der Waals surface area (Å²) in [7, 11) is 0. The van der Waals surface area contributed by atoms with E-state index in [1.54, 1.807) is 6.20 Å². The topological polar surface area (TPSA) is 50.3 Å². The molecule has 1 aliphatic heterocycles. The van der Waals surface area contributed by atoms with Crippen LogP contribution in [0.15, 0.2) is 10.7 Å². The molecule has 2 heterocycles. The molecule has 0 radical (unpaired) electrons. The molecule has 1 atom stereocenters. The lowest BCUT2D eigenvalue weighted by molar-refractivity contribution is 0.115. The van der Waals surface area contributed by atoms with Crippen molar-refractivity contribution >= 4 is 27.7 Å². The van der Waals surface area contributed by atoms with E-state index in [0.717, 1.165) is 49.4 Å². The fraction of sp³-hybridized carbons (Fsp3) is 0.692. The fourth-order valence-corrected chi connectivity index (χ4v) is 2.66. The zero-order chi connectivity index (χ0) is 13.7. The molecule has 0 aliphatic carbocycles. The van der Waals surface area contributed by atoms with Gasteiger partial charge in [0.1, 0.15) is 5.82 Å². The lowest BCUT2D eigenvalue weighted by atomic mass is 10.2. The van der Waals surface area contributed by atoms with Crippen LogP contribution < -0.4 is 10.2 Å². The molecule has 0 saturated carbocycles. The molecular weight excluding hydrogens is 308 g/mol. The highest BCUT2D eigenvalue weighted by molar-refractivity contribution is 9.10. The van der Waals surface area contributed by atoms with E-state index in [-0.39, 0.29) is 0 Å². The molecule has 2 rings (SSSR count). The van der Waals surface area contributed by atoms with E-state index in [1.807, 2.05) is 6.92 Å². The van der Waals surface area contributed by atoms with Gasteiger partial charge in [-0.1, -0.05) is 0 Å². The van der Waals surface area contributed by atoms with E-state index in [9.17, 15) is 0 Å². The molecule has 0 amide bonds. The minimum absolute atomic E-state index is 0.324. The zero-order valence-electron chi connectivity index (χ0n) is 11.5. The standard InChI is InChI=1S/C13H21BrN4O/c1-3-15-13-16-8-11(14)12(17-13)18(4-2)9-10-6-5-7-19-10/h8,10H,3-7,9H2,1-2H3,(H,15,16,17). The molecule has 1 N–H and O–H groups in total. The van der Waals surface area contributed by atoms with Gasteiger partial charge in [-0.2, -0.15) is 4.98 Å². The van der Waals surface area contributed by atoms with Crippen molar-refractivity contribution in [3.63, 3.8) is 0 Å². The van der Waals surface area contributed by atoms with Crippen molar-refractivity contribution < 1.29 is 4.74 Å². The molecule has 0 aromatic carbocycles. The number of aromatic nitrogens is 2. The number of halogens is 1. The van der Waals surface area contributed by atoms with E-state index >= 15 is 0 Å². The maximum absolute atomic E-state index is 5.71. The van der Waals surface area contributed by atoms with Crippen LogP contribution in [0.2, 0.25) is 0 Å². The molecule has 0 spiro atoms. The maximum atomic E-state index is 5.71. The average molecular weight is 329 g/mol. The van der Waals surface area contributed by atoms with Crippen LogP contribution in [-0.2, 0) is 4.74 Å². The summed E-state index contributed by atoms with van der Waals surface area (Å²) in [5, 5.41) is 3.15. The summed E-state index contributed by atoms with van der Waals surface area (Å²) in [5.41, 5.74) is 0. The molecule has 1 unspecified atom stereocenters. The third-order valence-electron chi connectivity index (χ3n) is 3.19. The van der Waals surface area contributed by atoms with Crippen LogP contribution in [0, 0.1) is 0 Å². The molecule has 1 aromatic heterocycles. The van der Waals surface area contributed by atoms with Crippen molar-refractivity contribution in [2.24, 2.45) is 0 Å². The Morgan fingerprint density at radius 3 is 3.00 bits per heavy atom. The van der Waals surface area contributed by atoms with Gasteiger partial charge in [0.25, 0.3) is 0 Å². The molecular formula is C13H21BrN4O. The van der Waals surface area contributed by atoms with E-state index in [1.165, 1.54) is 0 Å². The van der Waals surface area contributed by atoms with Crippen molar-refractivity contribution in [3.8, 4) is 0 Å². The molecule has 1 aliphatic rings. The smallest absolute Gasteiger partial charge is 0.224 e. The number of anilines is 2. The molecule has 19 heavy (non-hydrogen) atoms. The number of hydrogen-bond donors (Lipinski definition) is 1. The Hall–Kier alpha value is -0.880. The van der Waals surface area contributed by atoms with Gasteiger partial charge in [-0.05, 0) is 42.6 Å². The quantitative estimate of drug-likeness (QED) is 0.870. The van der Waals surface area contributed by atoms with Gasteiger partial charge >= 0.3 is 0 Å². The molecule has 6 heteroatoms. The van der Waals surface area contributed by atoms with Gasteiger partial charge in [0, 0.05) is 32.4 Å². The van der Waals surface area contributed by atoms with Crippen molar-refractivity contribution in [2.45, 2.75) is 32.8 Å². The van der Waals surface area contributed by atoms with Crippen LogP contribution in [0.3, 0.4) is 0 Å². The highest BCUT2D eigenvalue weighted by atomic mass is 79.9. The number of hydrogen-bond acceptors (Lipinski definition) is 5. The van der Waals surface area contributed by atoms with Crippen molar-refractivity contribution in [1.29, 1.82) is 0 Å². The second-order valence-corrected chi connectivity index (χ2v) is 5.42. The first kappa shape index (κ1) is 14.5. The summed E-state index contributed by atoms with van der Waals surface area (Å²) in [6, 6.07) is 0. The van der Waals surface area contributed by atoms with E-state index in [0.29, 0.717) is 12.1 Å². The lowest BCUT2D eigenvalue weighted by Gasteiger charge is -2.26. The Morgan fingerprint density at radius 1 is 1.53 bits per heavy atom. The van der Waals surface area contributed by atoms with Gasteiger partial charge in [0.15, 0.2) is 0 Å². The number of rotatable bonds is 6. The first-order valence-corrected chi connectivity index (χ1v) is 7.66. The maximum Gasteiger partial charge on any atom is 0.224 e. The molecule has 1 saturated heterocycles. The lowest BCUT2D eigenvalue weighted by Crippen LogP contribution is -2.33. The average Bonchev–Trinajstić information content (AvgIpc) is 2.92. The SMILES string of the molecule is CCNc1ncc(Br)c(N(CC)CC2CCCO2)n1. The third kappa shape index (κ3) is 3.79. The van der Waals surface area contributed by atoms with Crippen LogP contribution in [0.4, 0.5) is 11.8 Å². The predicted molar refractivity (Wildman–Crippen MR) is 80.8 cm³/mol. The molecule has 5 nitrogen and oxygen atoms in total. The first-order valence-electron chi connectivity index (χ1n) is 6.87. The van der Waals surface area contributed by atoms with Crippen LogP contribution in [0.5, 0.6) is 0 Å². The monoisotopic (exact) mass is 328 g/mol. The highest BCUT2D eigenvalue weighted by Gasteiger charge is 2.21. The summed E-state index contributed by atoms with van der Waals surface area (Å²) in [5.74, 6) is 1.61. The predicted octanol–water partition coefficient (Wildman–Crippen LogP) is 2.68. The Balaban J connectivity index is 2.13. The molecule has 1 fully saturated rings. The van der Waals surface area contributed by atoms with Gasteiger partial charge in [0.05, 0.1) is 10.6 Å². The summed E-state index contributed by atoms with van der Waals surface area (Å²) in [4.78, 5) is 11.1. The van der Waals surface area contributed by atoms with Crippen LogP contribution >= 0.6 is 15.9 Å². The van der Waals surface area contributed by atoms with Gasteiger partial charge in [-0.3, -0.25) is 0 Å². The van der Waals surface area contributed by atoms with Crippen molar-refractivity contribution in [1.82, 2.24) is 9.97 Å². The van der Waals surface area contributed by atoms with Crippen molar-refractivity contribution in [3.05, 3.63) is 10.7 Å². The normalized spacial score (nSPS) is 18.6. The Morgan fingerprint density at radius 2 is 2.37 bits per heavy atom. The summed E-state index contributed by atoms with van der Waals surface area (Å²) in [6.07, 6.45) is 4.43. The van der Waals surface area contributed by atoms with Gasteiger partial charge < -0.3 is 15.0 Å². The molecule has 0 bridgehead atoms.